The van der Waals surface area contributed by atoms with Crippen LogP contribution in [0.2, 0.25) is 0 Å². The van der Waals surface area contributed by atoms with Gasteiger partial charge in [-0.1, -0.05) is 49.3 Å². The maximum absolute atomic E-state index is 14.5. The van der Waals surface area contributed by atoms with Gasteiger partial charge >= 0.3 is 11.9 Å². The number of carbonyl (C=O) groups excluding carboxylic acids is 3. The molecule has 4 rings (SSSR count). The van der Waals surface area contributed by atoms with Crippen LogP contribution in [-0.4, -0.2) is 45.2 Å². The highest BCUT2D eigenvalue weighted by Gasteiger charge is 2.44. The highest BCUT2D eigenvalue weighted by molar-refractivity contribution is 6.03. The van der Waals surface area contributed by atoms with Gasteiger partial charge in [-0.05, 0) is 110 Å². The van der Waals surface area contributed by atoms with Crippen LogP contribution in [0.5, 0.6) is 11.5 Å². The van der Waals surface area contributed by atoms with E-state index in [0.717, 1.165) is 29.4 Å². The summed E-state index contributed by atoms with van der Waals surface area (Å²) >= 11 is 0. The van der Waals surface area contributed by atoms with Crippen molar-refractivity contribution in [2.24, 2.45) is 29.6 Å². The lowest BCUT2D eigenvalue weighted by atomic mass is 9.59. The molecule has 9 nitrogen and oxygen atoms in total. The largest absolute Gasteiger partial charge is 0.506 e. The fourth-order valence-corrected chi connectivity index (χ4v) is 7.06. The van der Waals surface area contributed by atoms with Gasteiger partial charge in [-0.15, -0.1) is 0 Å². The Hall–Kier alpha value is -4.14. The van der Waals surface area contributed by atoms with E-state index in [1.165, 1.54) is 6.20 Å². The zero-order chi connectivity index (χ0) is 35.6. The van der Waals surface area contributed by atoms with Crippen molar-refractivity contribution < 1.29 is 33.7 Å². The first-order chi connectivity index (χ1) is 22.4. The number of nitrogens with zero attached hydrogens (tertiary/aromatic N) is 1. The molecule has 9 heteroatoms. The molecule has 0 spiro atoms. The summed E-state index contributed by atoms with van der Waals surface area (Å²) in [5.74, 6) is -1.36. The van der Waals surface area contributed by atoms with Crippen molar-refractivity contribution in [3.8, 4) is 22.6 Å². The second-order valence-electron chi connectivity index (χ2n) is 15.3. The minimum absolute atomic E-state index is 0.137. The van der Waals surface area contributed by atoms with Gasteiger partial charge in [0.2, 0.25) is 0 Å². The highest BCUT2D eigenvalue weighted by atomic mass is 16.6. The Kier molecular flexibility index (Phi) is 11.1. The van der Waals surface area contributed by atoms with Gasteiger partial charge in [0.1, 0.15) is 34.8 Å². The Labute approximate surface area is 284 Å². The maximum Gasteiger partial charge on any atom is 0.344 e. The summed E-state index contributed by atoms with van der Waals surface area (Å²) in [6, 6.07) is 6.53. The molecule has 5 atom stereocenters. The maximum atomic E-state index is 14.5. The van der Waals surface area contributed by atoms with Gasteiger partial charge in [0, 0.05) is 17.7 Å². The zero-order valence-electron chi connectivity index (χ0n) is 29.8. The van der Waals surface area contributed by atoms with Crippen molar-refractivity contribution in [2.45, 2.75) is 99.3 Å². The van der Waals surface area contributed by atoms with Crippen LogP contribution in [0.25, 0.3) is 11.1 Å². The zero-order valence-corrected chi connectivity index (χ0v) is 29.8. The fraction of sp³-hybridized carbons (Fsp3) is 0.538. The van der Waals surface area contributed by atoms with Gasteiger partial charge in [-0.25, -0.2) is 4.79 Å². The molecule has 260 valence electrons. The summed E-state index contributed by atoms with van der Waals surface area (Å²) in [6.45, 7) is 16.0. The monoisotopic (exact) mass is 661 g/mol. The van der Waals surface area contributed by atoms with Crippen LogP contribution in [0.3, 0.4) is 0 Å². The molecule has 0 aliphatic heterocycles. The van der Waals surface area contributed by atoms with E-state index >= 15 is 0 Å². The lowest BCUT2D eigenvalue weighted by Crippen LogP contribution is -2.41. The molecule has 1 saturated carbocycles. The number of ether oxygens (including phenoxy) is 3. The Balaban J connectivity index is 1.77. The lowest BCUT2D eigenvalue weighted by molar-refractivity contribution is -0.157. The average molecular weight is 662 g/mol. The third kappa shape index (κ3) is 8.85. The number of pyridine rings is 1. The molecule has 1 heterocycles. The van der Waals surface area contributed by atoms with Gasteiger partial charge in [0.15, 0.2) is 12.4 Å². The number of aromatic hydroxyl groups is 1. The standard InChI is InChI=1S/C39H51NO8/c1-10-11-28-29-18-23(2)12-17-27(29)24(3)19-30(28)35(43)34-36(44)31(20-40(37(34)45)21-32(41)47-38(4,5)6)25-13-15-26(16-14-25)46-22-33(42)48-39(7,8)9/h10-11,13-16,19-20,23,27-30,44H,12,17-18,21-22H2,1-9H3/b11-10+/t23-,27+,28+,29-,30+/m0/s1. The molecule has 1 N–H and O–H groups in total. The second kappa shape index (κ2) is 14.5. The van der Waals surface area contributed by atoms with E-state index in [2.05, 4.69) is 19.9 Å². The van der Waals surface area contributed by atoms with E-state index in [1.807, 2.05) is 19.1 Å². The molecule has 0 bridgehead atoms. The first-order valence-electron chi connectivity index (χ1n) is 16.9. The van der Waals surface area contributed by atoms with Gasteiger partial charge in [-0.2, -0.15) is 0 Å². The Morgan fingerprint density at radius 2 is 1.60 bits per heavy atom. The average Bonchev–Trinajstić information content (AvgIpc) is 2.97. The number of esters is 2. The smallest absolute Gasteiger partial charge is 0.344 e. The van der Waals surface area contributed by atoms with E-state index in [9.17, 15) is 24.3 Å². The van der Waals surface area contributed by atoms with Crippen LogP contribution in [0, 0.1) is 29.6 Å². The molecular formula is C39H51NO8. The molecule has 48 heavy (non-hydrogen) atoms. The SMILES string of the molecule is C/C=C/[C@@H]1[C@H]2C[C@@H](C)CC[C@@H]2C(C)=C[C@H]1C(=O)c1c(O)c(-c2ccc(OCC(=O)OC(C)(C)C)cc2)cn(CC(=O)OC(C)(C)C)c1=O. The summed E-state index contributed by atoms with van der Waals surface area (Å²) in [5, 5.41) is 11.7. The molecule has 0 radical (unpaired) electrons. The molecule has 0 amide bonds. The van der Waals surface area contributed by atoms with Gasteiger partial charge in [0.25, 0.3) is 5.56 Å². The normalized spacial score (nSPS) is 22.9. The third-order valence-electron chi connectivity index (χ3n) is 8.98. The van der Waals surface area contributed by atoms with Gasteiger partial charge < -0.3 is 23.9 Å². The summed E-state index contributed by atoms with van der Waals surface area (Å²) in [4.78, 5) is 53.6. The minimum Gasteiger partial charge on any atom is -0.506 e. The molecule has 1 aromatic heterocycles. The van der Waals surface area contributed by atoms with Crippen molar-refractivity contribution >= 4 is 17.7 Å². The number of ketones is 1. The summed E-state index contributed by atoms with van der Waals surface area (Å²) in [5.41, 5.74) is -0.728. The van der Waals surface area contributed by atoms with Crippen LogP contribution in [-0.2, 0) is 25.6 Å². The second-order valence-corrected chi connectivity index (χ2v) is 15.3. The quantitative estimate of drug-likeness (QED) is 0.169. The van der Waals surface area contributed by atoms with Crippen LogP contribution in [0.15, 0.2) is 59.1 Å². The molecular weight excluding hydrogens is 610 g/mol. The van der Waals surface area contributed by atoms with E-state index in [1.54, 1.807) is 65.8 Å². The number of allylic oxidation sites excluding steroid dienone is 4. The van der Waals surface area contributed by atoms with Crippen molar-refractivity contribution in [2.75, 3.05) is 6.61 Å². The van der Waals surface area contributed by atoms with Gasteiger partial charge in [0.05, 0.1) is 0 Å². The summed E-state index contributed by atoms with van der Waals surface area (Å²) < 4.78 is 17.5. The summed E-state index contributed by atoms with van der Waals surface area (Å²) in [6.07, 6.45) is 10.5. The molecule has 1 aromatic carbocycles. The van der Waals surface area contributed by atoms with Crippen molar-refractivity contribution in [3.63, 3.8) is 0 Å². The molecule has 2 aliphatic carbocycles. The Morgan fingerprint density at radius 3 is 2.21 bits per heavy atom. The Morgan fingerprint density at radius 1 is 0.979 bits per heavy atom. The summed E-state index contributed by atoms with van der Waals surface area (Å²) in [7, 11) is 0. The van der Waals surface area contributed by atoms with Crippen molar-refractivity contribution in [1.82, 2.24) is 4.57 Å². The predicted octanol–water partition coefficient (Wildman–Crippen LogP) is 7.29. The fourth-order valence-electron chi connectivity index (χ4n) is 7.06. The topological polar surface area (TPSA) is 121 Å². The number of Topliss-reactive ketones (excluding diaryl/α,β-unsaturated/α-hetero) is 1. The van der Waals surface area contributed by atoms with Crippen molar-refractivity contribution in [1.29, 1.82) is 0 Å². The van der Waals surface area contributed by atoms with Crippen LogP contribution in [0.1, 0.15) is 91.9 Å². The van der Waals surface area contributed by atoms with E-state index in [4.69, 9.17) is 14.2 Å². The number of fused-ring (bicyclic) bond motifs is 1. The van der Waals surface area contributed by atoms with Crippen molar-refractivity contribution in [3.05, 3.63) is 70.2 Å². The number of carbonyl (C=O) groups is 3. The number of hydrogen-bond acceptors (Lipinski definition) is 8. The van der Waals surface area contributed by atoms with Crippen LogP contribution < -0.4 is 10.3 Å². The Bertz CT molecular complexity index is 1630. The highest BCUT2D eigenvalue weighted by Crippen LogP contribution is 2.49. The number of benzene rings is 1. The predicted molar refractivity (Wildman–Crippen MR) is 185 cm³/mol. The number of aromatic nitrogens is 1. The molecule has 2 aliphatic rings. The first kappa shape index (κ1) is 36.7. The lowest BCUT2D eigenvalue weighted by Gasteiger charge is -2.45. The third-order valence-corrected chi connectivity index (χ3v) is 8.98. The first-order valence-corrected chi connectivity index (χ1v) is 16.9. The minimum atomic E-state index is -0.786. The van der Waals surface area contributed by atoms with E-state index in [-0.39, 0.29) is 29.6 Å². The van der Waals surface area contributed by atoms with Gasteiger partial charge in [-0.3, -0.25) is 14.4 Å². The molecule has 1 fully saturated rings. The molecule has 0 unspecified atom stereocenters. The van der Waals surface area contributed by atoms with E-state index < -0.39 is 52.7 Å². The number of rotatable bonds is 9. The molecule has 0 saturated heterocycles. The van der Waals surface area contributed by atoms with Crippen LogP contribution in [0.4, 0.5) is 0 Å². The van der Waals surface area contributed by atoms with E-state index in [0.29, 0.717) is 23.1 Å². The molecule has 2 aromatic rings. The number of hydrogen-bond donors (Lipinski definition) is 1. The van der Waals surface area contributed by atoms with Crippen LogP contribution >= 0.6 is 0 Å².